The topological polar surface area (TPSA) is 83.1 Å². The van der Waals surface area contributed by atoms with Crippen LogP contribution in [-0.4, -0.2) is 20.5 Å². The summed E-state index contributed by atoms with van der Waals surface area (Å²) in [6.07, 6.45) is -1.11. The number of aromatic nitrogens is 3. The quantitative estimate of drug-likeness (QED) is 0.323. The van der Waals surface area contributed by atoms with Crippen molar-refractivity contribution in [2.45, 2.75) is 31.9 Å². The van der Waals surface area contributed by atoms with Crippen molar-refractivity contribution in [3.05, 3.63) is 55.4 Å². The van der Waals surface area contributed by atoms with Gasteiger partial charge in [-0.1, -0.05) is 6.07 Å². The lowest BCUT2D eigenvalue weighted by atomic mass is 9.96. The fraction of sp³-hybridized carbons (Fsp3) is 0.238. The molecule has 1 aliphatic rings. The zero-order chi connectivity index (χ0) is 23.3. The van der Waals surface area contributed by atoms with Crippen LogP contribution in [0.1, 0.15) is 45.0 Å². The molecule has 0 saturated heterocycles. The van der Waals surface area contributed by atoms with E-state index >= 15 is 0 Å². The van der Waals surface area contributed by atoms with Gasteiger partial charge >= 0.3 is 6.18 Å². The van der Waals surface area contributed by atoms with Crippen molar-refractivity contribution >= 4 is 55.2 Å². The molecule has 1 amide bonds. The van der Waals surface area contributed by atoms with Gasteiger partial charge in [0, 0.05) is 4.88 Å². The number of aryl methyl sites for hydroxylation is 1. The minimum Gasteiger partial charge on any atom is -0.311 e. The molecule has 12 heteroatoms. The van der Waals surface area contributed by atoms with Crippen molar-refractivity contribution in [2.75, 3.05) is 5.32 Å². The maximum absolute atomic E-state index is 13.8. The van der Waals surface area contributed by atoms with Gasteiger partial charge in [-0.05, 0) is 64.7 Å². The third-order valence-electron chi connectivity index (χ3n) is 5.32. The van der Waals surface area contributed by atoms with Crippen molar-refractivity contribution in [2.24, 2.45) is 0 Å². The van der Waals surface area contributed by atoms with Crippen LogP contribution < -0.4 is 5.32 Å². The van der Waals surface area contributed by atoms with Crippen molar-refractivity contribution in [1.82, 2.24) is 14.6 Å². The molecule has 1 N–H and O–H groups in total. The molecule has 0 atom stereocenters. The zero-order valence-corrected chi connectivity index (χ0v) is 19.9. The Morgan fingerprint density at radius 2 is 2.09 bits per heavy atom. The van der Waals surface area contributed by atoms with E-state index in [-0.39, 0.29) is 21.5 Å². The van der Waals surface area contributed by atoms with Crippen LogP contribution in [-0.2, 0) is 19.0 Å². The Hall–Kier alpha value is -2.75. The molecule has 4 aromatic rings. The van der Waals surface area contributed by atoms with Gasteiger partial charge in [-0.2, -0.15) is 23.5 Å². The summed E-state index contributed by atoms with van der Waals surface area (Å²) in [7, 11) is 0. The third-order valence-corrected chi connectivity index (χ3v) is 8.15. The standard InChI is InChI=1S/C21H13BrF3N5OS2/c22-16-17(19(31)28-20-11(9-26)10-4-1-2-5-13(10)33-20)29-30-15(21(23,24)25)8-12(27-18(16)30)14-6-3-7-32-14/h3,6-8H,1-2,4-5H2,(H,28,31). The number of nitrogens with one attached hydrogen (secondary N) is 1. The molecule has 0 unspecified atom stereocenters. The number of hydrogen-bond acceptors (Lipinski definition) is 6. The largest absolute Gasteiger partial charge is 0.433 e. The zero-order valence-electron chi connectivity index (χ0n) is 16.7. The lowest BCUT2D eigenvalue weighted by Gasteiger charge is -2.10. The molecule has 168 valence electrons. The molecule has 4 aromatic heterocycles. The number of nitriles is 1. The number of halogens is 4. The summed E-state index contributed by atoms with van der Waals surface area (Å²) in [5.74, 6) is -0.715. The first kappa shape index (κ1) is 22.1. The molecule has 0 aromatic carbocycles. The Bertz CT molecular complexity index is 1430. The maximum atomic E-state index is 13.8. The van der Waals surface area contributed by atoms with Crippen LogP contribution in [0.5, 0.6) is 0 Å². The van der Waals surface area contributed by atoms with Crippen LogP contribution in [0.15, 0.2) is 28.1 Å². The second-order valence-corrected chi connectivity index (χ2v) is 10.2. The predicted molar refractivity (Wildman–Crippen MR) is 123 cm³/mol. The number of carbonyl (C=O) groups is 1. The van der Waals surface area contributed by atoms with Crippen molar-refractivity contribution in [1.29, 1.82) is 5.26 Å². The number of alkyl halides is 3. The van der Waals surface area contributed by atoms with Gasteiger partial charge in [0.25, 0.3) is 5.91 Å². The highest BCUT2D eigenvalue weighted by Crippen LogP contribution is 2.39. The first-order chi connectivity index (χ1) is 15.8. The maximum Gasteiger partial charge on any atom is 0.433 e. The van der Waals surface area contributed by atoms with E-state index in [0.29, 0.717) is 20.0 Å². The van der Waals surface area contributed by atoms with Crippen LogP contribution in [0.3, 0.4) is 0 Å². The van der Waals surface area contributed by atoms with Gasteiger partial charge in [0.15, 0.2) is 17.0 Å². The van der Waals surface area contributed by atoms with E-state index in [4.69, 9.17) is 0 Å². The van der Waals surface area contributed by atoms with Gasteiger partial charge in [-0.15, -0.1) is 22.7 Å². The smallest absolute Gasteiger partial charge is 0.311 e. The van der Waals surface area contributed by atoms with E-state index in [2.05, 4.69) is 37.4 Å². The molecule has 0 aliphatic heterocycles. The monoisotopic (exact) mass is 551 g/mol. The fourth-order valence-electron chi connectivity index (χ4n) is 3.82. The number of hydrogen-bond donors (Lipinski definition) is 1. The van der Waals surface area contributed by atoms with Crippen LogP contribution >= 0.6 is 38.6 Å². The lowest BCUT2D eigenvalue weighted by molar-refractivity contribution is -0.142. The Morgan fingerprint density at radius 1 is 1.30 bits per heavy atom. The fourth-order valence-corrected chi connectivity index (χ4v) is 6.26. The molecule has 33 heavy (non-hydrogen) atoms. The Morgan fingerprint density at radius 3 is 2.79 bits per heavy atom. The molecular formula is C21H13BrF3N5OS2. The van der Waals surface area contributed by atoms with Crippen molar-refractivity contribution in [3.8, 4) is 16.6 Å². The lowest BCUT2D eigenvalue weighted by Crippen LogP contribution is -2.15. The van der Waals surface area contributed by atoms with E-state index in [1.54, 1.807) is 17.5 Å². The molecular weight excluding hydrogens is 539 g/mol. The molecule has 4 heterocycles. The van der Waals surface area contributed by atoms with Crippen LogP contribution in [0.4, 0.5) is 18.2 Å². The normalized spacial score (nSPS) is 13.7. The molecule has 0 saturated carbocycles. The number of amides is 1. The number of anilines is 1. The summed E-state index contributed by atoms with van der Waals surface area (Å²) < 4.78 is 42.1. The van der Waals surface area contributed by atoms with Gasteiger partial charge in [-0.3, -0.25) is 4.79 Å². The number of thiophene rings is 2. The van der Waals surface area contributed by atoms with Gasteiger partial charge in [-0.25, -0.2) is 9.50 Å². The first-order valence-electron chi connectivity index (χ1n) is 9.84. The second-order valence-electron chi connectivity index (χ2n) is 7.38. The Kier molecular flexibility index (Phi) is 5.50. The summed E-state index contributed by atoms with van der Waals surface area (Å²) in [5, 5.41) is 18.4. The molecule has 6 nitrogen and oxygen atoms in total. The highest BCUT2D eigenvalue weighted by atomic mass is 79.9. The third kappa shape index (κ3) is 3.84. The van der Waals surface area contributed by atoms with Gasteiger partial charge < -0.3 is 5.32 Å². The summed E-state index contributed by atoms with van der Waals surface area (Å²) in [6, 6.07) is 6.46. The predicted octanol–water partition coefficient (Wildman–Crippen LogP) is 6.30. The average molecular weight is 552 g/mol. The molecule has 0 fully saturated rings. The number of nitrogens with zero attached hydrogens (tertiary/aromatic N) is 4. The van der Waals surface area contributed by atoms with E-state index in [9.17, 15) is 23.2 Å². The summed E-state index contributed by atoms with van der Waals surface area (Å²) >= 11 is 5.81. The van der Waals surface area contributed by atoms with E-state index < -0.39 is 17.8 Å². The highest BCUT2D eigenvalue weighted by Gasteiger charge is 2.37. The summed E-state index contributed by atoms with van der Waals surface area (Å²) in [4.78, 5) is 19.0. The number of fused-ring (bicyclic) bond motifs is 2. The van der Waals surface area contributed by atoms with Crippen LogP contribution in [0.2, 0.25) is 0 Å². The SMILES string of the molecule is N#Cc1c(NC(=O)c2nn3c(C(F)(F)F)cc(-c4cccs4)nc3c2Br)sc2c1CCCC2. The van der Waals surface area contributed by atoms with Crippen LogP contribution in [0.25, 0.3) is 16.2 Å². The summed E-state index contributed by atoms with van der Waals surface area (Å²) in [6.45, 7) is 0. The van der Waals surface area contributed by atoms with E-state index in [1.807, 2.05) is 0 Å². The molecule has 0 bridgehead atoms. The second kappa shape index (κ2) is 8.23. The van der Waals surface area contributed by atoms with E-state index in [0.717, 1.165) is 42.2 Å². The first-order valence-corrected chi connectivity index (χ1v) is 12.3. The molecule has 1 aliphatic carbocycles. The number of carbonyl (C=O) groups excluding carboxylic acids is 1. The Labute approximate surface area is 201 Å². The molecule has 0 spiro atoms. The summed E-state index contributed by atoms with van der Waals surface area (Å²) in [5.41, 5.74) is 0.0859. The highest BCUT2D eigenvalue weighted by molar-refractivity contribution is 9.10. The average Bonchev–Trinajstić information content (AvgIpc) is 3.50. The van der Waals surface area contributed by atoms with Gasteiger partial charge in [0.1, 0.15) is 11.1 Å². The van der Waals surface area contributed by atoms with Crippen molar-refractivity contribution < 1.29 is 18.0 Å². The minimum absolute atomic E-state index is 0.0451. The minimum atomic E-state index is -4.72. The Balaban J connectivity index is 1.59. The molecule has 0 radical (unpaired) electrons. The number of rotatable bonds is 3. The van der Waals surface area contributed by atoms with E-state index in [1.165, 1.54) is 22.7 Å². The van der Waals surface area contributed by atoms with Crippen LogP contribution in [0, 0.1) is 11.3 Å². The van der Waals surface area contributed by atoms with Gasteiger partial charge in [0.2, 0.25) is 0 Å². The van der Waals surface area contributed by atoms with Crippen molar-refractivity contribution in [3.63, 3.8) is 0 Å². The van der Waals surface area contributed by atoms with Gasteiger partial charge in [0.05, 0.1) is 20.6 Å². The molecule has 5 rings (SSSR count).